The summed E-state index contributed by atoms with van der Waals surface area (Å²) in [5, 5.41) is 14.6. The molecule has 0 radical (unpaired) electrons. The summed E-state index contributed by atoms with van der Waals surface area (Å²) in [5.74, 6) is 1.92. The summed E-state index contributed by atoms with van der Waals surface area (Å²) in [6.45, 7) is 7.34. The van der Waals surface area contributed by atoms with Gasteiger partial charge >= 0.3 is 5.97 Å². The number of hydrogen-bond acceptors (Lipinski definition) is 8. The predicted molar refractivity (Wildman–Crippen MR) is 116 cm³/mol. The molecule has 2 heterocycles. The normalized spacial score (nSPS) is 31.2. The van der Waals surface area contributed by atoms with E-state index in [9.17, 15) is 9.90 Å². The highest BCUT2D eigenvalue weighted by atomic mass is 32.2. The van der Waals surface area contributed by atoms with Crippen LogP contribution in [0.1, 0.15) is 42.5 Å². The number of methoxy groups -OCH3 is 1. The summed E-state index contributed by atoms with van der Waals surface area (Å²) >= 11 is 1.65. The third-order valence-electron chi connectivity index (χ3n) is 6.09. The van der Waals surface area contributed by atoms with Crippen LogP contribution in [0.2, 0.25) is 0 Å². The van der Waals surface area contributed by atoms with Crippen LogP contribution in [0.3, 0.4) is 0 Å². The van der Waals surface area contributed by atoms with Gasteiger partial charge in [0.25, 0.3) is 0 Å². The van der Waals surface area contributed by atoms with Gasteiger partial charge in [-0.25, -0.2) is 0 Å². The Labute approximate surface area is 177 Å². The van der Waals surface area contributed by atoms with Crippen LogP contribution in [0.15, 0.2) is 6.07 Å². The van der Waals surface area contributed by atoms with Gasteiger partial charge in [-0.05, 0) is 37.9 Å². The molecule has 0 saturated carbocycles. The molecule has 2 aliphatic rings. The van der Waals surface area contributed by atoms with Gasteiger partial charge in [-0.15, -0.1) is 0 Å². The number of esters is 1. The van der Waals surface area contributed by atoms with Crippen LogP contribution in [-0.2, 0) is 9.53 Å². The third kappa shape index (κ3) is 4.21. The van der Waals surface area contributed by atoms with Gasteiger partial charge in [-0.3, -0.25) is 9.69 Å². The monoisotopic (exact) mass is 423 g/mol. The fraction of sp³-hybridized carbons (Fsp3) is 0.667. The lowest BCUT2D eigenvalue weighted by Gasteiger charge is -2.40. The number of cyclic esters (lactones) is 1. The topological polar surface area (TPSA) is 97.0 Å². The lowest BCUT2D eigenvalue weighted by Crippen LogP contribution is -2.52. The Balaban J connectivity index is 2.09. The minimum Gasteiger partial charge on any atom is -0.504 e. The zero-order chi connectivity index (χ0) is 21.3. The summed E-state index contributed by atoms with van der Waals surface area (Å²) in [4.78, 5) is 14.5. The molecule has 0 aromatic heterocycles. The highest BCUT2D eigenvalue weighted by Crippen LogP contribution is 2.46. The van der Waals surface area contributed by atoms with Gasteiger partial charge < -0.3 is 25.6 Å². The standard InChI is InChI=1S/C21H33N3O4S/c1-11-6-14-12(2)7-24-13(3)8-28-21(26)15(22)9-29-10-16(24)18(23-4)17(14)19(25)20(11)27-5/h6,12-13,15-16,18,23,25H,7-10,22H2,1-5H3/t12-,13+,15-,16-,18?/m0/s1. The van der Waals surface area contributed by atoms with Crippen molar-refractivity contribution >= 4 is 17.7 Å². The number of fused-ring (bicyclic) bond motifs is 2. The molecular weight excluding hydrogens is 390 g/mol. The molecule has 162 valence electrons. The Hall–Kier alpha value is -1.48. The fourth-order valence-electron chi connectivity index (χ4n) is 4.57. The number of nitrogens with one attached hydrogen (secondary N) is 1. The zero-order valence-electron chi connectivity index (χ0n) is 17.9. The molecule has 0 spiro atoms. The van der Waals surface area contributed by atoms with Gasteiger partial charge in [0.2, 0.25) is 0 Å². The van der Waals surface area contributed by atoms with E-state index in [-0.39, 0.29) is 35.8 Å². The Morgan fingerprint density at radius 1 is 1.38 bits per heavy atom. The molecule has 5 atom stereocenters. The quantitative estimate of drug-likeness (QED) is 0.619. The number of phenolic OH excluding ortho intramolecular Hbond substituents is 1. The molecule has 2 aliphatic heterocycles. The maximum Gasteiger partial charge on any atom is 0.323 e. The van der Waals surface area contributed by atoms with Crippen molar-refractivity contribution in [2.24, 2.45) is 5.73 Å². The number of aromatic hydroxyl groups is 1. The second-order valence-electron chi connectivity index (χ2n) is 8.13. The van der Waals surface area contributed by atoms with Crippen molar-refractivity contribution in [3.63, 3.8) is 0 Å². The number of rotatable bonds is 2. The maximum absolute atomic E-state index is 12.1. The molecule has 7 nitrogen and oxygen atoms in total. The van der Waals surface area contributed by atoms with Crippen molar-refractivity contribution < 1.29 is 19.4 Å². The number of hydrogen-bond donors (Lipinski definition) is 3. The van der Waals surface area contributed by atoms with Crippen molar-refractivity contribution in [1.82, 2.24) is 10.2 Å². The molecule has 1 aromatic carbocycles. The molecular formula is C21H33N3O4S. The second kappa shape index (κ2) is 9.12. The van der Waals surface area contributed by atoms with E-state index in [1.165, 1.54) is 0 Å². The van der Waals surface area contributed by atoms with E-state index in [4.69, 9.17) is 15.2 Å². The second-order valence-corrected chi connectivity index (χ2v) is 9.21. The molecule has 1 saturated heterocycles. The first-order valence-electron chi connectivity index (χ1n) is 10.1. The highest BCUT2D eigenvalue weighted by Gasteiger charge is 2.40. The molecule has 1 unspecified atom stereocenters. The molecule has 4 N–H and O–H groups in total. The SMILES string of the molecule is CNC1c2c(cc(C)c(OC)c2O)[C@@H](C)CN2[C@H](C)COC(=O)[C@@H](N)CSC[C@@H]12. The van der Waals surface area contributed by atoms with Gasteiger partial charge in [0.1, 0.15) is 12.6 Å². The van der Waals surface area contributed by atoms with E-state index in [2.05, 4.69) is 30.1 Å². The molecule has 29 heavy (non-hydrogen) atoms. The number of nitrogens with zero attached hydrogens (tertiary/aromatic N) is 1. The number of carbonyl (C=O) groups is 1. The van der Waals surface area contributed by atoms with Gasteiger partial charge in [-0.1, -0.05) is 13.0 Å². The van der Waals surface area contributed by atoms with Crippen LogP contribution in [0.4, 0.5) is 0 Å². The molecule has 1 fully saturated rings. The van der Waals surface area contributed by atoms with E-state index in [0.29, 0.717) is 18.1 Å². The van der Waals surface area contributed by atoms with E-state index in [1.54, 1.807) is 18.9 Å². The lowest BCUT2D eigenvalue weighted by molar-refractivity contribution is -0.146. The number of benzene rings is 1. The highest BCUT2D eigenvalue weighted by molar-refractivity contribution is 7.99. The number of aryl methyl sites for hydroxylation is 1. The third-order valence-corrected chi connectivity index (χ3v) is 7.26. The van der Waals surface area contributed by atoms with E-state index < -0.39 is 6.04 Å². The summed E-state index contributed by atoms with van der Waals surface area (Å²) in [6, 6.07) is 1.57. The first-order chi connectivity index (χ1) is 13.8. The number of nitrogens with two attached hydrogens (primary N) is 1. The minimum absolute atomic E-state index is 0.0348. The van der Waals surface area contributed by atoms with Crippen molar-refractivity contribution in [3.05, 3.63) is 22.8 Å². The first-order valence-corrected chi connectivity index (χ1v) is 11.3. The fourth-order valence-corrected chi connectivity index (χ4v) is 5.72. The van der Waals surface area contributed by atoms with Crippen molar-refractivity contribution in [2.75, 3.05) is 38.8 Å². The first kappa shape index (κ1) is 22.2. The van der Waals surface area contributed by atoms with Crippen LogP contribution in [0.5, 0.6) is 11.5 Å². The minimum atomic E-state index is -0.611. The van der Waals surface area contributed by atoms with E-state index in [0.717, 1.165) is 29.0 Å². The number of carbonyl (C=O) groups excluding carboxylic acids is 1. The molecule has 1 aromatic rings. The number of ether oxygens (including phenoxy) is 2. The Morgan fingerprint density at radius 3 is 2.76 bits per heavy atom. The van der Waals surface area contributed by atoms with Crippen LogP contribution in [-0.4, -0.2) is 72.9 Å². The predicted octanol–water partition coefficient (Wildman–Crippen LogP) is 1.76. The largest absolute Gasteiger partial charge is 0.504 e. The zero-order valence-corrected chi connectivity index (χ0v) is 18.7. The molecule has 0 aliphatic carbocycles. The number of likely N-dealkylation sites (N-methyl/N-ethyl adjacent to an activating group) is 1. The summed E-state index contributed by atoms with van der Waals surface area (Å²) in [5.41, 5.74) is 8.94. The lowest BCUT2D eigenvalue weighted by atomic mass is 9.88. The van der Waals surface area contributed by atoms with Crippen LogP contribution in [0.25, 0.3) is 0 Å². The summed E-state index contributed by atoms with van der Waals surface area (Å²) < 4.78 is 11.0. The van der Waals surface area contributed by atoms with Gasteiger partial charge in [0.15, 0.2) is 11.5 Å². The van der Waals surface area contributed by atoms with Gasteiger partial charge in [0, 0.05) is 35.7 Å². The summed E-state index contributed by atoms with van der Waals surface area (Å²) in [7, 11) is 3.51. The Bertz CT molecular complexity index is 760. The average Bonchev–Trinajstić information content (AvgIpc) is 2.80. The summed E-state index contributed by atoms with van der Waals surface area (Å²) in [6.07, 6.45) is 0. The van der Waals surface area contributed by atoms with Crippen molar-refractivity contribution in [3.8, 4) is 11.5 Å². The molecule has 3 rings (SSSR count). The molecule has 8 heteroatoms. The van der Waals surface area contributed by atoms with E-state index >= 15 is 0 Å². The van der Waals surface area contributed by atoms with Gasteiger partial charge in [0.05, 0.1) is 13.2 Å². The Morgan fingerprint density at radius 2 is 2.10 bits per heavy atom. The number of thioether (sulfide) groups is 1. The van der Waals surface area contributed by atoms with Crippen LogP contribution >= 0.6 is 11.8 Å². The van der Waals surface area contributed by atoms with Crippen LogP contribution < -0.4 is 15.8 Å². The smallest absolute Gasteiger partial charge is 0.323 e. The molecule has 0 amide bonds. The average molecular weight is 424 g/mol. The van der Waals surface area contributed by atoms with Gasteiger partial charge in [-0.2, -0.15) is 11.8 Å². The van der Waals surface area contributed by atoms with Crippen molar-refractivity contribution in [1.29, 1.82) is 0 Å². The number of phenols is 1. The maximum atomic E-state index is 12.1. The Kier molecular flexibility index (Phi) is 6.98. The van der Waals surface area contributed by atoms with Crippen molar-refractivity contribution in [2.45, 2.75) is 50.9 Å². The molecule has 0 bridgehead atoms. The van der Waals surface area contributed by atoms with E-state index in [1.807, 2.05) is 14.0 Å². The van der Waals surface area contributed by atoms with Crippen LogP contribution in [0, 0.1) is 6.92 Å².